The van der Waals surface area contributed by atoms with Gasteiger partial charge in [-0.05, 0) is 54.7 Å². The second kappa shape index (κ2) is 9.22. The van der Waals surface area contributed by atoms with Crippen LogP contribution in [0.5, 0.6) is 5.75 Å². The van der Waals surface area contributed by atoms with E-state index in [0.29, 0.717) is 11.1 Å². The normalized spacial score (nSPS) is 13.2. The van der Waals surface area contributed by atoms with Gasteiger partial charge in [0.2, 0.25) is 0 Å². The van der Waals surface area contributed by atoms with E-state index in [9.17, 15) is 18.0 Å². The van der Waals surface area contributed by atoms with E-state index in [0.717, 1.165) is 11.6 Å². The van der Waals surface area contributed by atoms with Gasteiger partial charge < -0.3 is 4.74 Å². The summed E-state index contributed by atoms with van der Waals surface area (Å²) in [4.78, 5) is 12.2. The lowest BCUT2D eigenvalue weighted by Crippen LogP contribution is -2.09. The van der Waals surface area contributed by atoms with Crippen LogP contribution in [-0.4, -0.2) is 5.97 Å². The van der Waals surface area contributed by atoms with Gasteiger partial charge in [-0.25, -0.2) is 18.0 Å². The van der Waals surface area contributed by atoms with Crippen LogP contribution in [0.15, 0.2) is 78.4 Å². The monoisotopic (exact) mass is 386 g/mol. The molecule has 5 heteroatoms. The van der Waals surface area contributed by atoms with Crippen LogP contribution in [0, 0.1) is 12.7 Å². The molecule has 0 saturated carbocycles. The molecule has 2 rings (SSSR count). The van der Waals surface area contributed by atoms with Crippen molar-refractivity contribution in [3.63, 3.8) is 0 Å². The number of carbonyl (C=O) groups excluding carboxylic acids is 1. The standard InChI is InChI=1S/C23H21F3O2/c1-14(5-6-16(3)22(26)17(4)24)18-8-10-19(11-9-18)23(27)28-20-12-7-15(2)21(25)13-20/h5-14H,4H2,1-3H3/b6-5-,22-16+. The van der Waals surface area contributed by atoms with Gasteiger partial charge in [0.15, 0.2) is 11.7 Å². The summed E-state index contributed by atoms with van der Waals surface area (Å²) < 4.78 is 44.9. The number of rotatable bonds is 6. The molecule has 2 nitrogen and oxygen atoms in total. The zero-order chi connectivity index (χ0) is 20.8. The van der Waals surface area contributed by atoms with E-state index in [2.05, 4.69) is 6.58 Å². The molecule has 28 heavy (non-hydrogen) atoms. The Morgan fingerprint density at radius 3 is 2.36 bits per heavy atom. The molecule has 0 bridgehead atoms. The number of hydrogen-bond acceptors (Lipinski definition) is 2. The van der Waals surface area contributed by atoms with Crippen molar-refractivity contribution >= 4 is 5.97 Å². The maximum atomic E-state index is 13.5. The highest BCUT2D eigenvalue weighted by atomic mass is 19.2. The Balaban J connectivity index is 2.07. The summed E-state index contributed by atoms with van der Waals surface area (Å²) in [5, 5.41) is 0. The van der Waals surface area contributed by atoms with Crippen molar-refractivity contribution in [2.24, 2.45) is 0 Å². The van der Waals surface area contributed by atoms with Crippen molar-refractivity contribution in [3.05, 3.63) is 101 Å². The zero-order valence-electron chi connectivity index (χ0n) is 15.9. The molecule has 2 aromatic rings. The van der Waals surface area contributed by atoms with Gasteiger partial charge in [0.1, 0.15) is 11.6 Å². The predicted molar refractivity (Wildman–Crippen MR) is 104 cm³/mol. The maximum absolute atomic E-state index is 13.5. The summed E-state index contributed by atoms with van der Waals surface area (Å²) in [6.07, 6.45) is 3.21. The van der Waals surface area contributed by atoms with Crippen LogP contribution in [0.2, 0.25) is 0 Å². The molecule has 0 saturated heterocycles. The Hall–Kier alpha value is -3.08. The maximum Gasteiger partial charge on any atom is 0.343 e. The van der Waals surface area contributed by atoms with E-state index in [4.69, 9.17) is 4.74 Å². The number of allylic oxidation sites excluding steroid dienone is 5. The molecule has 0 N–H and O–H groups in total. The lowest BCUT2D eigenvalue weighted by Gasteiger charge is -2.09. The summed E-state index contributed by atoms with van der Waals surface area (Å²) >= 11 is 0. The van der Waals surface area contributed by atoms with Gasteiger partial charge in [-0.1, -0.05) is 43.9 Å². The Morgan fingerprint density at radius 1 is 1.14 bits per heavy atom. The molecule has 0 amide bonds. The van der Waals surface area contributed by atoms with Crippen molar-refractivity contribution in [1.82, 2.24) is 0 Å². The van der Waals surface area contributed by atoms with E-state index in [-0.39, 0.29) is 17.2 Å². The van der Waals surface area contributed by atoms with Crippen LogP contribution >= 0.6 is 0 Å². The molecule has 2 aromatic carbocycles. The molecule has 1 atom stereocenters. The second-order valence-corrected chi connectivity index (χ2v) is 6.47. The van der Waals surface area contributed by atoms with Crippen molar-refractivity contribution in [1.29, 1.82) is 0 Å². The van der Waals surface area contributed by atoms with Crippen LogP contribution in [-0.2, 0) is 0 Å². The predicted octanol–water partition coefficient (Wildman–Crippen LogP) is 6.74. The first-order valence-electron chi connectivity index (χ1n) is 8.66. The number of esters is 1. The number of halogens is 3. The Kier molecular flexibility index (Phi) is 6.99. The van der Waals surface area contributed by atoms with Crippen LogP contribution in [0.4, 0.5) is 13.2 Å². The Labute approximate surface area is 162 Å². The summed E-state index contributed by atoms with van der Waals surface area (Å²) in [6.45, 7) is 7.89. The molecular weight excluding hydrogens is 365 g/mol. The number of hydrogen-bond donors (Lipinski definition) is 0. The third kappa shape index (κ3) is 5.46. The molecule has 0 aromatic heterocycles. The Bertz CT molecular complexity index is 941. The third-order valence-corrected chi connectivity index (χ3v) is 4.25. The largest absolute Gasteiger partial charge is 0.423 e. The van der Waals surface area contributed by atoms with Crippen LogP contribution < -0.4 is 4.74 Å². The molecule has 0 spiro atoms. The first-order valence-corrected chi connectivity index (χ1v) is 8.66. The smallest absolute Gasteiger partial charge is 0.343 e. The quantitative estimate of drug-likeness (QED) is 0.312. The van der Waals surface area contributed by atoms with Gasteiger partial charge in [0, 0.05) is 6.07 Å². The minimum Gasteiger partial charge on any atom is -0.423 e. The molecule has 0 radical (unpaired) electrons. The molecule has 0 fully saturated rings. The van der Waals surface area contributed by atoms with E-state index >= 15 is 0 Å². The summed E-state index contributed by atoms with van der Waals surface area (Å²) in [7, 11) is 0. The average molecular weight is 386 g/mol. The third-order valence-electron chi connectivity index (χ3n) is 4.25. The van der Waals surface area contributed by atoms with E-state index < -0.39 is 23.4 Å². The minimum absolute atomic E-state index is 0.0908. The fourth-order valence-electron chi connectivity index (χ4n) is 2.41. The first-order chi connectivity index (χ1) is 13.2. The van der Waals surface area contributed by atoms with Gasteiger partial charge in [0.25, 0.3) is 0 Å². The fraction of sp³-hybridized carbons (Fsp3) is 0.174. The van der Waals surface area contributed by atoms with E-state index in [1.165, 1.54) is 25.1 Å². The molecule has 0 heterocycles. The highest BCUT2D eigenvalue weighted by molar-refractivity contribution is 5.91. The van der Waals surface area contributed by atoms with Gasteiger partial charge >= 0.3 is 5.97 Å². The van der Waals surface area contributed by atoms with Gasteiger partial charge in [-0.2, -0.15) is 0 Å². The number of ether oxygens (including phenoxy) is 1. The molecule has 0 aliphatic carbocycles. The summed E-state index contributed by atoms with van der Waals surface area (Å²) in [5.74, 6) is -3.09. The molecule has 0 aliphatic heterocycles. The lowest BCUT2D eigenvalue weighted by molar-refractivity contribution is 0.0734. The van der Waals surface area contributed by atoms with Crippen molar-refractivity contribution in [3.8, 4) is 5.75 Å². The van der Waals surface area contributed by atoms with Crippen molar-refractivity contribution in [2.75, 3.05) is 0 Å². The van der Waals surface area contributed by atoms with E-state index in [1.54, 1.807) is 37.3 Å². The van der Waals surface area contributed by atoms with Crippen LogP contribution in [0.25, 0.3) is 0 Å². The Morgan fingerprint density at radius 2 is 1.79 bits per heavy atom. The topological polar surface area (TPSA) is 26.3 Å². The summed E-state index contributed by atoms with van der Waals surface area (Å²) in [5.41, 5.74) is 1.80. The minimum atomic E-state index is -1.11. The number of carbonyl (C=O) groups is 1. The van der Waals surface area contributed by atoms with Crippen molar-refractivity contribution < 1.29 is 22.7 Å². The van der Waals surface area contributed by atoms with E-state index in [1.807, 2.05) is 6.92 Å². The van der Waals surface area contributed by atoms with Gasteiger partial charge in [0.05, 0.1) is 5.56 Å². The summed E-state index contributed by atoms with van der Waals surface area (Å²) in [6, 6.07) is 10.9. The van der Waals surface area contributed by atoms with Crippen LogP contribution in [0.3, 0.4) is 0 Å². The average Bonchev–Trinajstić information content (AvgIpc) is 2.68. The highest BCUT2D eigenvalue weighted by Crippen LogP contribution is 2.22. The lowest BCUT2D eigenvalue weighted by atomic mass is 9.98. The van der Waals surface area contributed by atoms with Gasteiger partial charge in [-0.15, -0.1) is 0 Å². The van der Waals surface area contributed by atoms with Crippen LogP contribution in [0.1, 0.15) is 41.3 Å². The first kappa shape index (κ1) is 21.2. The second-order valence-electron chi connectivity index (χ2n) is 6.47. The number of benzene rings is 2. The molecule has 1 unspecified atom stereocenters. The highest BCUT2D eigenvalue weighted by Gasteiger charge is 2.11. The SMILES string of the molecule is C=C(F)/C(F)=C(C)\C=C/C(C)c1ccc(C(=O)Oc2ccc(C)c(F)c2)cc1. The number of aryl methyl sites for hydroxylation is 1. The fourth-order valence-corrected chi connectivity index (χ4v) is 2.41. The molecule has 0 aliphatic rings. The van der Waals surface area contributed by atoms with Crippen molar-refractivity contribution in [2.45, 2.75) is 26.7 Å². The molecule has 146 valence electrons. The zero-order valence-corrected chi connectivity index (χ0v) is 15.9. The molecular formula is C23H21F3O2. The van der Waals surface area contributed by atoms with Gasteiger partial charge in [-0.3, -0.25) is 0 Å².